The lowest BCUT2D eigenvalue weighted by atomic mass is 9.51. The molecule has 4 aliphatic carbocycles. The number of hydrogen-bond donors (Lipinski definition) is 2. The second-order valence-electron chi connectivity index (χ2n) is 14.0. The molecule has 0 radical (unpaired) electrons. The molecule has 3 heteroatoms. The summed E-state index contributed by atoms with van der Waals surface area (Å²) >= 11 is 0. The van der Waals surface area contributed by atoms with Crippen LogP contribution in [0.5, 0.6) is 0 Å². The van der Waals surface area contributed by atoms with E-state index in [1.54, 1.807) is 11.1 Å². The highest BCUT2D eigenvalue weighted by molar-refractivity contribution is 5.51. The average Bonchev–Trinajstić information content (AvgIpc) is 3.18. The first kappa shape index (κ1) is 24.9. The summed E-state index contributed by atoms with van der Waals surface area (Å²) in [6.45, 7) is 8.61. The van der Waals surface area contributed by atoms with Crippen molar-refractivity contribution in [3.8, 4) is 0 Å². The van der Waals surface area contributed by atoms with Gasteiger partial charge in [-0.15, -0.1) is 0 Å². The van der Waals surface area contributed by atoms with Crippen LogP contribution in [0.1, 0.15) is 102 Å². The molecule has 0 amide bonds. The number of fused-ring (bicyclic) bond motifs is 4. The largest absolute Gasteiger partial charge is 0.393 e. The lowest BCUT2D eigenvalue weighted by molar-refractivity contribution is -0.144. The Morgan fingerprint density at radius 1 is 1.00 bits per heavy atom. The molecule has 0 bridgehead atoms. The maximum atomic E-state index is 11.2. The van der Waals surface area contributed by atoms with Gasteiger partial charge in [-0.3, -0.25) is 0 Å². The van der Waals surface area contributed by atoms with Crippen LogP contribution in [0.4, 0.5) is 0 Å². The van der Waals surface area contributed by atoms with Crippen molar-refractivity contribution in [3.05, 3.63) is 52.6 Å². The molecule has 3 saturated carbocycles. The molecule has 7 atom stereocenters. The van der Waals surface area contributed by atoms with E-state index in [9.17, 15) is 5.11 Å². The van der Waals surface area contributed by atoms with E-state index in [2.05, 4.69) is 51.1 Å². The molecule has 3 N–H and O–H groups in total. The van der Waals surface area contributed by atoms with Crippen LogP contribution in [0, 0.1) is 28.6 Å². The lowest BCUT2D eigenvalue weighted by Crippen LogP contribution is -2.49. The third kappa shape index (κ3) is 4.14. The van der Waals surface area contributed by atoms with Crippen molar-refractivity contribution in [2.45, 2.75) is 103 Å². The van der Waals surface area contributed by atoms with E-state index >= 15 is 0 Å². The molecule has 5 aliphatic rings. The number of nitrogens with two attached hydrogens (primary N) is 1. The minimum absolute atomic E-state index is 0.0400. The van der Waals surface area contributed by atoms with Crippen LogP contribution in [0.3, 0.4) is 0 Å². The highest BCUT2D eigenvalue weighted by atomic mass is 16.5. The first-order valence-electron chi connectivity index (χ1n) is 14.8. The molecule has 4 fully saturated rings. The molecule has 1 heterocycles. The van der Waals surface area contributed by atoms with Crippen molar-refractivity contribution >= 4 is 6.08 Å². The van der Waals surface area contributed by atoms with Crippen LogP contribution in [0.15, 0.2) is 41.5 Å². The summed E-state index contributed by atoms with van der Waals surface area (Å²) in [6, 6.07) is 9.23. The molecule has 36 heavy (non-hydrogen) atoms. The Morgan fingerprint density at radius 2 is 1.81 bits per heavy atom. The SMILES string of the molecule is CC1(C)CCC2(CCC3=C4C(c5ccc(/C=C/CN)cc5)CC5(C)C(O)CCC5C4CCC3C2)OC1. The molecule has 1 spiro atoms. The van der Waals surface area contributed by atoms with Crippen LogP contribution < -0.4 is 5.73 Å². The van der Waals surface area contributed by atoms with Crippen molar-refractivity contribution in [2.75, 3.05) is 13.2 Å². The molecule has 6 rings (SSSR count). The van der Waals surface area contributed by atoms with Gasteiger partial charge in [0.1, 0.15) is 0 Å². The summed E-state index contributed by atoms with van der Waals surface area (Å²) < 4.78 is 6.69. The Labute approximate surface area is 218 Å². The zero-order valence-corrected chi connectivity index (χ0v) is 22.8. The van der Waals surface area contributed by atoms with E-state index in [4.69, 9.17) is 10.5 Å². The van der Waals surface area contributed by atoms with Gasteiger partial charge in [0.05, 0.1) is 18.3 Å². The van der Waals surface area contributed by atoms with Gasteiger partial charge in [-0.25, -0.2) is 0 Å². The third-order valence-electron chi connectivity index (χ3n) is 11.2. The molecule has 1 aliphatic heterocycles. The predicted molar refractivity (Wildman–Crippen MR) is 148 cm³/mol. The second kappa shape index (κ2) is 9.10. The molecule has 196 valence electrons. The molecular weight excluding hydrogens is 442 g/mol. The topological polar surface area (TPSA) is 55.5 Å². The van der Waals surface area contributed by atoms with Crippen molar-refractivity contribution < 1.29 is 9.84 Å². The average molecular weight is 490 g/mol. The summed E-state index contributed by atoms with van der Waals surface area (Å²) in [5, 5.41) is 11.2. The normalized spacial score (nSPS) is 41.9. The Hall–Kier alpha value is -1.42. The number of benzene rings is 1. The van der Waals surface area contributed by atoms with Gasteiger partial charge in [-0.1, -0.05) is 68.3 Å². The summed E-state index contributed by atoms with van der Waals surface area (Å²) in [5.41, 5.74) is 12.4. The predicted octanol–water partition coefficient (Wildman–Crippen LogP) is 7.01. The fourth-order valence-corrected chi connectivity index (χ4v) is 9.07. The van der Waals surface area contributed by atoms with E-state index < -0.39 is 0 Å². The Kier molecular flexibility index (Phi) is 6.29. The Morgan fingerprint density at radius 3 is 2.53 bits per heavy atom. The maximum Gasteiger partial charge on any atom is 0.0691 e. The number of hydrogen-bond acceptors (Lipinski definition) is 3. The second-order valence-corrected chi connectivity index (χ2v) is 14.0. The fourth-order valence-electron chi connectivity index (χ4n) is 9.07. The van der Waals surface area contributed by atoms with Gasteiger partial charge in [0.25, 0.3) is 0 Å². The van der Waals surface area contributed by atoms with Gasteiger partial charge < -0.3 is 15.6 Å². The van der Waals surface area contributed by atoms with Gasteiger partial charge in [0.2, 0.25) is 0 Å². The van der Waals surface area contributed by atoms with E-state index in [1.165, 1.54) is 62.5 Å². The highest BCUT2D eigenvalue weighted by Crippen LogP contribution is 2.65. The van der Waals surface area contributed by atoms with Crippen LogP contribution in [-0.2, 0) is 4.74 Å². The van der Waals surface area contributed by atoms with Crippen LogP contribution in [-0.4, -0.2) is 30.0 Å². The van der Waals surface area contributed by atoms with E-state index in [0.717, 1.165) is 19.4 Å². The van der Waals surface area contributed by atoms with Crippen LogP contribution in [0.25, 0.3) is 6.08 Å². The summed E-state index contributed by atoms with van der Waals surface area (Å²) in [4.78, 5) is 0. The van der Waals surface area contributed by atoms with Gasteiger partial charge in [0, 0.05) is 12.5 Å². The van der Waals surface area contributed by atoms with Crippen LogP contribution >= 0.6 is 0 Å². The molecule has 0 aromatic heterocycles. The number of rotatable bonds is 3. The molecule has 1 aromatic rings. The van der Waals surface area contributed by atoms with Crippen molar-refractivity contribution in [1.29, 1.82) is 0 Å². The number of aliphatic hydroxyl groups is 1. The minimum atomic E-state index is -0.158. The van der Waals surface area contributed by atoms with Gasteiger partial charge in [-0.05, 0) is 104 Å². The number of ether oxygens (including phenoxy) is 1. The number of allylic oxidation sites excluding steroid dienone is 2. The van der Waals surface area contributed by atoms with E-state index in [-0.39, 0.29) is 17.1 Å². The fraction of sp³-hybridized carbons (Fsp3) is 0.697. The quantitative estimate of drug-likeness (QED) is 0.449. The zero-order chi connectivity index (χ0) is 25.1. The van der Waals surface area contributed by atoms with Gasteiger partial charge >= 0.3 is 0 Å². The maximum absolute atomic E-state index is 11.2. The molecule has 1 saturated heterocycles. The number of aliphatic hydroxyl groups excluding tert-OH is 1. The zero-order valence-electron chi connectivity index (χ0n) is 22.8. The van der Waals surface area contributed by atoms with Crippen molar-refractivity contribution in [2.24, 2.45) is 34.3 Å². The first-order valence-corrected chi connectivity index (χ1v) is 14.8. The lowest BCUT2D eigenvalue weighted by Gasteiger charge is -2.55. The van der Waals surface area contributed by atoms with Crippen molar-refractivity contribution in [1.82, 2.24) is 0 Å². The smallest absolute Gasteiger partial charge is 0.0691 e. The highest BCUT2D eigenvalue weighted by Gasteiger charge is 2.57. The Balaban J connectivity index is 1.36. The van der Waals surface area contributed by atoms with Crippen molar-refractivity contribution in [3.63, 3.8) is 0 Å². The molecular formula is C33H47NO2. The Bertz CT molecular complexity index is 1030. The molecule has 7 unspecified atom stereocenters. The van der Waals surface area contributed by atoms with E-state index in [0.29, 0.717) is 35.6 Å². The standard InChI is InChI=1S/C33H47NO2/c1-31(2)16-17-33(36-21-31)15-14-25-24(19-33)10-11-26-28-12-13-29(35)32(28,3)20-27(30(25)26)23-8-6-22(7-9-23)5-4-18-34/h4-9,24,26-29,35H,10-21,34H2,1-3H3/b5-4+. The summed E-state index contributed by atoms with van der Waals surface area (Å²) in [5.74, 6) is 2.42. The molecule has 1 aromatic carbocycles. The molecule has 3 nitrogen and oxygen atoms in total. The van der Waals surface area contributed by atoms with Gasteiger partial charge in [0.15, 0.2) is 0 Å². The van der Waals surface area contributed by atoms with Gasteiger partial charge in [-0.2, -0.15) is 0 Å². The van der Waals surface area contributed by atoms with E-state index in [1.807, 2.05) is 6.08 Å². The monoisotopic (exact) mass is 489 g/mol. The first-order chi connectivity index (χ1) is 17.2. The van der Waals surface area contributed by atoms with Crippen LogP contribution in [0.2, 0.25) is 0 Å². The summed E-state index contributed by atoms with van der Waals surface area (Å²) in [7, 11) is 0. The third-order valence-corrected chi connectivity index (χ3v) is 11.2. The minimum Gasteiger partial charge on any atom is -0.393 e. The summed E-state index contributed by atoms with van der Waals surface area (Å²) in [6.07, 6.45) is 16.0.